The highest BCUT2D eigenvalue weighted by atomic mass is 35.5. The van der Waals surface area contributed by atoms with Crippen LogP contribution in [-0.2, 0) is 6.54 Å². The SMILES string of the molecule is CN1CCN(c2ncc(CN3C[C@@H](N)[C@H](c4ccccc4)C3)cn2)CC1.Cl. The molecular formula is C20H29ClN6. The second-order valence-electron chi connectivity index (χ2n) is 7.56. The average molecular weight is 389 g/mol. The van der Waals surface area contributed by atoms with Gasteiger partial charge in [0.25, 0.3) is 0 Å². The van der Waals surface area contributed by atoms with Crippen molar-refractivity contribution in [1.82, 2.24) is 19.8 Å². The van der Waals surface area contributed by atoms with Crippen LogP contribution in [0.3, 0.4) is 0 Å². The Hall–Kier alpha value is -1.73. The van der Waals surface area contributed by atoms with Crippen molar-refractivity contribution in [2.75, 3.05) is 51.2 Å². The van der Waals surface area contributed by atoms with Crippen molar-refractivity contribution < 1.29 is 0 Å². The number of hydrogen-bond donors (Lipinski definition) is 1. The fraction of sp³-hybridized carbons (Fsp3) is 0.500. The number of benzene rings is 1. The predicted octanol–water partition coefficient (Wildman–Crippen LogP) is 1.58. The summed E-state index contributed by atoms with van der Waals surface area (Å²) in [5.41, 5.74) is 8.90. The van der Waals surface area contributed by atoms with Crippen LogP contribution in [0.5, 0.6) is 0 Å². The maximum Gasteiger partial charge on any atom is 0.225 e. The molecule has 0 saturated carbocycles. The molecule has 2 fully saturated rings. The van der Waals surface area contributed by atoms with E-state index in [0.29, 0.717) is 5.92 Å². The molecule has 146 valence electrons. The molecule has 2 aliphatic rings. The van der Waals surface area contributed by atoms with Gasteiger partial charge in [0.2, 0.25) is 5.95 Å². The molecule has 0 amide bonds. The highest BCUT2D eigenvalue weighted by Gasteiger charge is 2.31. The van der Waals surface area contributed by atoms with Gasteiger partial charge in [-0.15, -0.1) is 12.4 Å². The normalized spacial score (nSPS) is 24.0. The summed E-state index contributed by atoms with van der Waals surface area (Å²) in [6, 6.07) is 10.8. The molecule has 0 radical (unpaired) electrons. The number of nitrogens with zero attached hydrogens (tertiary/aromatic N) is 5. The van der Waals surface area contributed by atoms with E-state index in [1.165, 1.54) is 5.56 Å². The quantitative estimate of drug-likeness (QED) is 0.858. The lowest BCUT2D eigenvalue weighted by Crippen LogP contribution is -2.45. The number of anilines is 1. The summed E-state index contributed by atoms with van der Waals surface area (Å²) in [6.07, 6.45) is 3.95. The van der Waals surface area contributed by atoms with E-state index in [1.54, 1.807) is 0 Å². The number of rotatable bonds is 4. The van der Waals surface area contributed by atoms with E-state index in [0.717, 1.165) is 57.3 Å². The van der Waals surface area contributed by atoms with Gasteiger partial charge in [0, 0.05) is 75.7 Å². The summed E-state index contributed by atoms with van der Waals surface area (Å²) in [4.78, 5) is 16.2. The fourth-order valence-corrected chi connectivity index (χ4v) is 3.95. The summed E-state index contributed by atoms with van der Waals surface area (Å²) in [5.74, 6) is 1.25. The Morgan fingerprint density at radius 1 is 1.00 bits per heavy atom. The summed E-state index contributed by atoms with van der Waals surface area (Å²) < 4.78 is 0. The molecule has 2 aromatic rings. The zero-order valence-corrected chi connectivity index (χ0v) is 16.7. The van der Waals surface area contributed by atoms with Gasteiger partial charge in [0.05, 0.1) is 0 Å². The van der Waals surface area contributed by atoms with Gasteiger partial charge in [-0.3, -0.25) is 4.90 Å². The monoisotopic (exact) mass is 388 g/mol. The first-order chi connectivity index (χ1) is 12.7. The first kappa shape index (κ1) is 20.0. The molecule has 4 rings (SSSR count). The van der Waals surface area contributed by atoms with Gasteiger partial charge in [-0.1, -0.05) is 30.3 Å². The molecule has 2 saturated heterocycles. The second-order valence-corrected chi connectivity index (χ2v) is 7.56. The summed E-state index contributed by atoms with van der Waals surface area (Å²) in [6.45, 7) is 6.89. The number of piperazine rings is 1. The molecule has 2 atom stereocenters. The van der Waals surface area contributed by atoms with Gasteiger partial charge in [0.1, 0.15) is 0 Å². The van der Waals surface area contributed by atoms with Crippen LogP contribution in [0.15, 0.2) is 42.7 Å². The molecular weight excluding hydrogens is 360 g/mol. The lowest BCUT2D eigenvalue weighted by Gasteiger charge is -2.32. The minimum atomic E-state index is 0. The third-order valence-corrected chi connectivity index (χ3v) is 5.55. The lowest BCUT2D eigenvalue weighted by atomic mass is 9.95. The molecule has 0 bridgehead atoms. The van der Waals surface area contributed by atoms with Crippen molar-refractivity contribution in [3.05, 3.63) is 53.9 Å². The van der Waals surface area contributed by atoms with Gasteiger partial charge in [-0.05, 0) is 12.6 Å². The van der Waals surface area contributed by atoms with Crippen LogP contribution in [0.4, 0.5) is 5.95 Å². The van der Waals surface area contributed by atoms with E-state index in [4.69, 9.17) is 5.73 Å². The molecule has 3 heterocycles. The Kier molecular flexibility index (Phi) is 6.65. The van der Waals surface area contributed by atoms with Gasteiger partial charge < -0.3 is 15.5 Å². The minimum absolute atomic E-state index is 0. The van der Waals surface area contributed by atoms with Crippen molar-refractivity contribution in [1.29, 1.82) is 0 Å². The Morgan fingerprint density at radius 2 is 1.67 bits per heavy atom. The van der Waals surface area contributed by atoms with E-state index >= 15 is 0 Å². The Morgan fingerprint density at radius 3 is 2.33 bits per heavy atom. The summed E-state index contributed by atoms with van der Waals surface area (Å²) in [5, 5.41) is 0. The largest absolute Gasteiger partial charge is 0.338 e. The van der Waals surface area contributed by atoms with E-state index in [2.05, 4.69) is 62.0 Å². The van der Waals surface area contributed by atoms with Crippen molar-refractivity contribution in [2.24, 2.45) is 5.73 Å². The van der Waals surface area contributed by atoms with Gasteiger partial charge >= 0.3 is 0 Å². The standard InChI is InChI=1S/C20H28N6.ClH/c1-24-7-9-26(10-8-24)20-22-11-16(12-23-20)13-25-14-18(19(21)15-25)17-5-3-2-4-6-17;/h2-6,11-12,18-19H,7-10,13-15,21H2,1H3;1H/t18-,19+;/m0./s1. The van der Waals surface area contributed by atoms with Gasteiger partial charge in [0.15, 0.2) is 0 Å². The maximum atomic E-state index is 6.40. The van der Waals surface area contributed by atoms with Crippen LogP contribution in [-0.4, -0.2) is 72.1 Å². The molecule has 0 aliphatic carbocycles. The average Bonchev–Trinajstić information content (AvgIpc) is 3.04. The number of likely N-dealkylation sites (tertiary alicyclic amines) is 1. The van der Waals surface area contributed by atoms with Crippen LogP contribution in [0.1, 0.15) is 17.0 Å². The predicted molar refractivity (Wildman–Crippen MR) is 111 cm³/mol. The Bertz CT molecular complexity index is 702. The van der Waals surface area contributed by atoms with E-state index in [9.17, 15) is 0 Å². The topological polar surface area (TPSA) is 61.5 Å². The van der Waals surface area contributed by atoms with Crippen LogP contribution in [0, 0.1) is 0 Å². The highest BCUT2D eigenvalue weighted by Crippen LogP contribution is 2.27. The second kappa shape index (κ2) is 8.97. The molecule has 27 heavy (non-hydrogen) atoms. The molecule has 7 heteroatoms. The first-order valence-electron chi connectivity index (χ1n) is 9.46. The molecule has 1 aromatic carbocycles. The minimum Gasteiger partial charge on any atom is -0.338 e. The Balaban J connectivity index is 0.00000210. The van der Waals surface area contributed by atoms with Gasteiger partial charge in [-0.2, -0.15) is 0 Å². The molecule has 0 spiro atoms. The zero-order chi connectivity index (χ0) is 17.9. The molecule has 2 N–H and O–H groups in total. The molecule has 2 aliphatic heterocycles. The molecule has 1 aromatic heterocycles. The highest BCUT2D eigenvalue weighted by molar-refractivity contribution is 5.85. The van der Waals surface area contributed by atoms with Crippen molar-refractivity contribution >= 4 is 18.4 Å². The number of likely N-dealkylation sites (N-methyl/N-ethyl adjacent to an activating group) is 1. The van der Waals surface area contributed by atoms with E-state index in [-0.39, 0.29) is 18.4 Å². The van der Waals surface area contributed by atoms with Crippen LogP contribution >= 0.6 is 12.4 Å². The maximum absolute atomic E-state index is 6.40. The van der Waals surface area contributed by atoms with Crippen LogP contribution in [0.25, 0.3) is 0 Å². The zero-order valence-electron chi connectivity index (χ0n) is 15.9. The van der Waals surface area contributed by atoms with Crippen LogP contribution < -0.4 is 10.6 Å². The molecule has 0 unspecified atom stereocenters. The smallest absolute Gasteiger partial charge is 0.225 e. The number of aromatic nitrogens is 2. The molecule has 6 nitrogen and oxygen atoms in total. The number of hydrogen-bond acceptors (Lipinski definition) is 6. The third kappa shape index (κ3) is 4.76. The lowest BCUT2D eigenvalue weighted by molar-refractivity contribution is 0.310. The third-order valence-electron chi connectivity index (χ3n) is 5.55. The fourth-order valence-electron chi connectivity index (χ4n) is 3.95. The summed E-state index contributed by atoms with van der Waals surface area (Å²) >= 11 is 0. The summed E-state index contributed by atoms with van der Waals surface area (Å²) in [7, 11) is 2.16. The Labute approximate surface area is 167 Å². The van der Waals surface area contributed by atoms with E-state index < -0.39 is 0 Å². The number of nitrogens with two attached hydrogens (primary N) is 1. The first-order valence-corrected chi connectivity index (χ1v) is 9.46. The van der Waals surface area contributed by atoms with E-state index in [1.807, 2.05) is 12.4 Å². The van der Waals surface area contributed by atoms with Crippen molar-refractivity contribution in [3.8, 4) is 0 Å². The van der Waals surface area contributed by atoms with Gasteiger partial charge in [-0.25, -0.2) is 9.97 Å². The van der Waals surface area contributed by atoms with Crippen LogP contribution in [0.2, 0.25) is 0 Å². The number of halogens is 1. The van der Waals surface area contributed by atoms with Crippen molar-refractivity contribution in [3.63, 3.8) is 0 Å². The van der Waals surface area contributed by atoms with Crippen molar-refractivity contribution in [2.45, 2.75) is 18.5 Å².